The van der Waals surface area contributed by atoms with E-state index in [-0.39, 0.29) is 42.7 Å². The molecular formula is C22H22F3N3O5S. The fourth-order valence-electron chi connectivity index (χ4n) is 3.98. The lowest BCUT2D eigenvalue weighted by atomic mass is 10.1. The zero-order chi connectivity index (χ0) is 24.8. The number of halogens is 3. The number of hydrogen-bond donors (Lipinski definition) is 1. The Balaban J connectivity index is 1.52. The highest BCUT2D eigenvalue weighted by atomic mass is 32.2. The summed E-state index contributed by atoms with van der Waals surface area (Å²) in [5.74, 6) is -0.905. The summed E-state index contributed by atoms with van der Waals surface area (Å²) in [4.78, 5) is 25.8. The maximum atomic E-state index is 13.3. The fourth-order valence-corrected chi connectivity index (χ4v) is 5.62. The molecule has 2 heterocycles. The van der Waals surface area contributed by atoms with E-state index in [0.29, 0.717) is 11.3 Å². The molecule has 0 spiro atoms. The third kappa shape index (κ3) is 4.34. The van der Waals surface area contributed by atoms with E-state index < -0.39 is 39.3 Å². The molecule has 1 atom stereocenters. The topological polar surface area (TPSA) is 96.0 Å². The number of aryl methyl sites for hydroxylation is 1. The summed E-state index contributed by atoms with van der Waals surface area (Å²) in [5.41, 5.74) is -0.723. The van der Waals surface area contributed by atoms with E-state index in [2.05, 4.69) is 5.32 Å². The van der Waals surface area contributed by atoms with E-state index >= 15 is 0 Å². The maximum absolute atomic E-state index is 13.3. The largest absolute Gasteiger partial charge is 0.479 e. The van der Waals surface area contributed by atoms with Crippen LogP contribution in [0.15, 0.2) is 41.3 Å². The standard InChI is InChI=1S/C22H22F3N3O5S/c1-13-11-17-18(33-14(2)20(29)26-17)12-19(13)34(31,32)28-9-7-27(8-10-28)21(30)15-5-3-4-6-16(15)22(23,24)25/h3-6,11-12,14H,7-10H2,1-2H3,(H,26,29). The van der Waals surface area contributed by atoms with Crippen molar-refractivity contribution in [2.75, 3.05) is 31.5 Å². The Morgan fingerprint density at radius 3 is 2.41 bits per heavy atom. The number of anilines is 1. The Bertz CT molecular complexity index is 1250. The Morgan fingerprint density at radius 2 is 1.76 bits per heavy atom. The summed E-state index contributed by atoms with van der Waals surface area (Å²) < 4.78 is 73.2. The van der Waals surface area contributed by atoms with Crippen LogP contribution in [0.5, 0.6) is 5.75 Å². The maximum Gasteiger partial charge on any atom is 0.417 e. The monoisotopic (exact) mass is 497 g/mol. The van der Waals surface area contributed by atoms with Crippen LogP contribution in [-0.4, -0.2) is 61.7 Å². The van der Waals surface area contributed by atoms with E-state index in [0.717, 1.165) is 12.1 Å². The van der Waals surface area contributed by atoms with Crippen molar-refractivity contribution in [3.05, 3.63) is 53.1 Å². The number of amides is 2. The first kappa shape index (κ1) is 24.0. The SMILES string of the molecule is Cc1cc2c(cc1S(=O)(=O)N1CCN(C(=O)c3ccccc3C(F)(F)F)CC1)OC(C)C(=O)N2. The van der Waals surface area contributed by atoms with Crippen LogP contribution in [-0.2, 0) is 21.0 Å². The van der Waals surface area contributed by atoms with Gasteiger partial charge in [0.1, 0.15) is 5.75 Å². The van der Waals surface area contributed by atoms with Gasteiger partial charge < -0.3 is 15.0 Å². The van der Waals surface area contributed by atoms with Crippen molar-refractivity contribution in [2.24, 2.45) is 0 Å². The van der Waals surface area contributed by atoms with Crippen LogP contribution >= 0.6 is 0 Å². The van der Waals surface area contributed by atoms with E-state index in [9.17, 15) is 31.2 Å². The minimum Gasteiger partial charge on any atom is -0.479 e. The lowest BCUT2D eigenvalue weighted by Gasteiger charge is -2.35. The molecule has 2 aliphatic rings. The van der Waals surface area contributed by atoms with E-state index in [1.165, 1.54) is 33.5 Å². The summed E-state index contributed by atoms with van der Waals surface area (Å²) in [7, 11) is -3.98. The number of hydrogen-bond acceptors (Lipinski definition) is 5. The summed E-state index contributed by atoms with van der Waals surface area (Å²) in [6.45, 7) is 2.86. The molecule has 2 aliphatic heterocycles. The van der Waals surface area contributed by atoms with E-state index in [4.69, 9.17) is 4.74 Å². The zero-order valence-electron chi connectivity index (χ0n) is 18.3. The molecule has 1 N–H and O–H groups in total. The number of sulfonamides is 1. The van der Waals surface area contributed by atoms with Gasteiger partial charge in [-0.05, 0) is 37.6 Å². The van der Waals surface area contributed by atoms with Crippen molar-refractivity contribution in [3.8, 4) is 5.75 Å². The molecule has 0 saturated carbocycles. The average molecular weight is 497 g/mol. The number of rotatable bonds is 3. The third-order valence-electron chi connectivity index (χ3n) is 5.81. The predicted octanol–water partition coefficient (Wildman–Crippen LogP) is 2.88. The van der Waals surface area contributed by atoms with Crippen LogP contribution in [0, 0.1) is 6.92 Å². The lowest BCUT2D eigenvalue weighted by molar-refractivity contribution is -0.138. The molecule has 2 aromatic carbocycles. The molecule has 0 radical (unpaired) electrons. The van der Waals surface area contributed by atoms with Gasteiger partial charge >= 0.3 is 6.18 Å². The minimum absolute atomic E-state index is 0.00297. The number of ether oxygens (including phenoxy) is 1. The van der Waals surface area contributed by atoms with Gasteiger partial charge in [0.05, 0.1) is 21.7 Å². The minimum atomic E-state index is -4.68. The lowest BCUT2D eigenvalue weighted by Crippen LogP contribution is -2.50. The number of nitrogens with one attached hydrogen (secondary N) is 1. The summed E-state index contributed by atoms with van der Waals surface area (Å²) in [6.07, 6.45) is -5.46. The number of benzene rings is 2. The number of alkyl halides is 3. The van der Waals surface area contributed by atoms with Gasteiger partial charge in [0, 0.05) is 32.2 Å². The summed E-state index contributed by atoms with van der Waals surface area (Å²) in [6, 6.07) is 7.39. The van der Waals surface area contributed by atoms with Crippen LogP contribution in [0.25, 0.3) is 0 Å². The fraction of sp³-hybridized carbons (Fsp3) is 0.364. The van der Waals surface area contributed by atoms with Gasteiger partial charge in [-0.2, -0.15) is 17.5 Å². The highest BCUT2D eigenvalue weighted by molar-refractivity contribution is 7.89. The van der Waals surface area contributed by atoms with Crippen molar-refractivity contribution >= 4 is 27.5 Å². The molecule has 182 valence electrons. The summed E-state index contributed by atoms with van der Waals surface area (Å²) in [5, 5.41) is 2.66. The van der Waals surface area contributed by atoms with Crippen LogP contribution in [0.4, 0.5) is 18.9 Å². The van der Waals surface area contributed by atoms with Gasteiger partial charge in [-0.1, -0.05) is 12.1 Å². The average Bonchev–Trinajstić information content (AvgIpc) is 2.79. The van der Waals surface area contributed by atoms with Gasteiger partial charge in [-0.25, -0.2) is 8.42 Å². The van der Waals surface area contributed by atoms with Crippen molar-refractivity contribution < 1.29 is 35.9 Å². The normalized spacial score (nSPS) is 19.3. The molecule has 1 saturated heterocycles. The molecule has 8 nitrogen and oxygen atoms in total. The van der Waals surface area contributed by atoms with Gasteiger partial charge in [-0.3, -0.25) is 9.59 Å². The Morgan fingerprint density at radius 1 is 1.12 bits per heavy atom. The van der Waals surface area contributed by atoms with Gasteiger partial charge in [-0.15, -0.1) is 0 Å². The Hall–Kier alpha value is -3.12. The molecule has 1 fully saturated rings. The number of fused-ring (bicyclic) bond motifs is 1. The van der Waals surface area contributed by atoms with Crippen molar-refractivity contribution in [1.82, 2.24) is 9.21 Å². The first-order chi connectivity index (χ1) is 15.9. The third-order valence-corrected chi connectivity index (χ3v) is 7.86. The molecule has 2 aromatic rings. The van der Waals surface area contributed by atoms with Crippen LogP contribution in [0.2, 0.25) is 0 Å². The number of nitrogens with zero attached hydrogens (tertiary/aromatic N) is 2. The zero-order valence-corrected chi connectivity index (χ0v) is 19.2. The smallest absolute Gasteiger partial charge is 0.417 e. The second kappa shape index (κ2) is 8.58. The molecule has 1 unspecified atom stereocenters. The van der Waals surface area contributed by atoms with E-state index in [1.54, 1.807) is 13.8 Å². The van der Waals surface area contributed by atoms with Gasteiger partial charge in [0.2, 0.25) is 10.0 Å². The second-order valence-electron chi connectivity index (χ2n) is 8.10. The Labute approximate surface area is 194 Å². The molecule has 0 bridgehead atoms. The number of piperazine rings is 1. The van der Waals surface area contributed by atoms with Crippen LogP contribution in [0.3, 0.4) is 0 Å². The molecule has 4 rings (SSSR count). The van der Waals surface area contributed by atoms with Crippen molar-refractivity contribution in [2.45, 2.75) is 31.0 Å². The first-order valence-corrected chi connectivity index (χ1v) is 11.9. The van der Waals surface area contributed by atoms with Crippen molar-refractivity contribution in [3.63, 3.8) is 0 Å². The highest BCUT2D eigenvalue weighted by Crippen LogP contribution is 2.36. The molecule has 0 aliphatic carbocycles. The highest BCUT2D eigenvalue weighted by Gasteiger charge is 2.38. The van der Waals surface area contributed by atoms with Gasteiger partial charge in [0.25, 0.3) is 11.8 Å². The van der Waals surface area contributed by atoms with Crippen LogP contribution < -0.4 is 10.1 Å². The quantitative estimate of drug-likeness (QED) is 0.704. The summed E-state index contributed by atoms with van der Waals surface area (Å²) >= 11 is 0. The number of carbonyl (C=O) groups excluding carboxylic acids is 2. The first-order valence-electron chi connectivity index (χ1n) is 10.5. The molecule has 0 aromatic heterocycles. The number of carbonyl (C=O) groups is 2. The van der Waals surface area contributed by atoms with Crippen LogP contribution in [0.1, 0.15) is 28.4 Å². The van der Waals surface area contributed by atoms with E-state index in [1.807, 2.05) is 0 Å². The molecule has 34 heavy (non-hydrogen) atoms. The molecular weight excluding hydrogens is 475 g/mol. The second-order valence-corrected chi connectivity index (χ2v) is 10.0. The molecule has 12 heteroatoms. The van der Waals surface area contributed by atoms with Crippen molar-refractivity contribution in [1.29, 1.82) is 0 Å². The predicted molar refractivity (Wildman–Crippen MR) is 116 cm³/mol. The molecule has 2 amide bonds. The Kier molecular flexibility index (Phi) is 6.06. The van der Waals surface area contributed by atoms with Gasteiger partial charge in [0.15, 0.2) is 6.10 Å².